The molecule has 0 radical (unpaired) electrons. The predicted octanol–water partition coefficient (Wildman–Crippen LogP) is 1.16. The van der Waals surface area contributed by atoms with Crippen LogP contribution in [-0.4, -0.2) is 37.0 Å². The fourth-order valence-corrected chi connectivity index (χ4v) is 3.16. The highest BCUT2D eigenvalue weighted by Gasteiger charge is 2.35. The molecule has 3 atom stereocenters. The number of nitrogen functional groups attached to an aromatic ring is 1. The maximum atomic E-state index is 9.15. The standard InChI is InChI=1S/C12H17N4O4PS/c1-7-4-10(20-9(7)5-19-21(17,18)22)16-3-2-8-11(13)14-6-15-12(8)16/h2-3,6-7,9-10H,4-5H2,1H3,(H2,13,14,15)(H2,17,18,22). The first-order valence-corrected chi connectivity index (χ1v) is 9.40. The Hall–Kier alpha value is -1.09. The summed E-state index contributed by atoms with van der Waals surface area (Å²) in [6.07, 6.45) is 3.55. The first-order valence-electron chi connectivity index (χ1n) is 6.77. The first-order chi connectivity index (χ1) is 10.3. The molecule has 0 bridgehead atoms. The first kappa shape index (κ1) is 15.8. The van der Waals surface area contributed by atoms with Crippen LogP contribution >= 0.6 is 6.72 Å². The van der Waals surface area contributed by atoms with Crippen LogP contribution in [0.15, 0.2) is 18.6 Å². The molecule has 8 nitrogen and oxygen atoms in total. The van der Waals surface area contributed by atoms with E-state index >= 15 is 0 Å². The SMILES string of the molecule is CC1CC(n2ccc3c(N)ncnc32)OC1COP(O)(O)=S. The zero-order valence-electron chi connectivity index (χ0n) is 11.9. The van der Waals surface area contributed by atoms with Gasteiger partial charge in [0.25, 0.3) is 0 Å². The number of ether oxygens (including phenoxy) is 1. The van der Waals surface area contributed by atoms with Gasteiger partial charge in [-0.3, -0.25) is 0 Å². The number of anilines is 1. The molecule has 0 aromatic carbocycles. The summed E-state index contributed by atoms with van der Waals surface area (Å²) in [4.78, 5) is 26.5. The number of hydrogen-bond acceptors (Lipinski definition) is 6. The van der Waals surface area contributed by atoms with Crippen molar-refractivity contribution in [2.45, 2.75) is 25.7 Å². The average Bonchev–Trinajstić information content (AvgIpc) is 3.00. The molecule has 3 unspecified atom stereocenters. The Labute approximate surface area is 132 Å². The molecule has 0 saturated carbocycles. The highest BCUT2D eigenvalue weighted by molar-refractivity contribution is 8.06. The van der Waals surface area contributed by atoms with Gasteiger partial charge >= 0.3 is 6.72 Å². The van der Waals surface area contributed by atoms with Gasteiger partial charge in [-0.05, 0) is 30.2 Å². The molecule has 2 aromatic heterocycles. The third kappa shape index (κ3) is 3.15. The third-order valence-corrected chi connectivity index (χ3v) is 4.60. The van der Waals surface area contributed by atoms with Gasteiger partial charge in [-0.15, -0.1) is 0 Å². The van der Waals surface area contributed by atoms with Gasteiger partial charge in [-0.25, -0.2) is 9.97 Å². The Kier molecular flexibility index (Phi) is 4.19. The number of nitrogens with zero attached hydrogens (tertiary/aromatic N) is 3. The van der Waals surface area contributed by atoms with Crippen molar-refractivity contribution in [3.05, 3.63) is 18.6 Å². The summed E-state index contributed by atoms with van der Waals surface area (Å²) in [5, 5.41) is 0.777. The molecule has 3 rings (SSSR count). The second kappa shape index (κ2) is 5.84. The van der Waals surface area contributed by atoms with E-state index in [4.69, 9.17) is 24.8 Å². The number of rotatable bonds is 4. The van der Waals surface area contributed by atoms with Crippen molar-refractivity contribution in [3.8, 4) is 0 Å². The van der Waals surface area contributed by atoms with Crippen LogP contribution in [0.3, 0.4) is 0 Å². The fraction of sp³-hybridized carbons (Fsp3) is 0.500. The molecule has 4 N–H and O–H groups in total. The van der Waals surface area contributed by atoms with Crippen molar-refractivity contribution in [2.24, 2.45) is 5.92 Å². The van der Waals surface area contributed by atoms with E-state index in [2.05, 4.69) is 21.8 Å². The molecule has 1 aliphatic heterocycles. The Morgan fingerprint density at radius 2 is 2.32 bits per heavy atom. The lowest BCUT2D eigenvalue weighted by Gasteiger charge is -2.18. The predicted molar refractivity (Wildman–Crippen MR) is 84.3 cm³/mol. The number of fused-ring (bicyclic) bond motifs is 1. The van der Waals surface area contributed by atoms with E-state index in [0.29, 0.717) is 11.5 Å². The lowest BCUT2D eigenvalue weighted by molar-refractivity contribution is -0.0244. The zero-order chi connectivity index (χ0) is 15.9. The van der Waals surface area contributed by atoms with Crippen molar-refractivity contribution in [1.82, 2.24) is 14.5 Å². The Bertz CT molecular complexity index is 733. The topological polar surface area (TPSA) is 116 Å². The Morgan fingerprint density at radius 1 is 1.55 bits per heavy atom. The summed E-state index contributed by atoms with van der Waals surface area (Å²) >= 11 is 4.45. The second-order valence-corrected chi connectivity index (χ2v) is 8.01. The second-order valence-electron chi connectivity index (χ2n) is 5.35. The van der Waals surface area contributed by atoms with Gasteiger partial charge < -0.3 is 29.3 Å². The van der Waals surface area contributed by atoms with E-state index in [1.807, 2.05) is 23.8 Å². The maximum Gasteiger partial charge on any atom is 0.321 e. The highest BCUT2D eigenvalue weighted by atomic mass is 32.5. The van der Waals surface area contributed by atoms with Crippen LogP contribution in [0.5, 0.6) is 0 Å². The van der Waals surface area contributed by atoms with E-state index in [1.54, 1.807) is 0 Å². The molecule has 1 aliphatic rings. The Morgan fingerprint density at radius 3 is 3.05 bits per heavy atom. The van der Waals surface area contributed by atoms with E-state index in [9.17, 15) is 0 Å². The molecular weight excluding hydrogens is 327 g/mol. The van der Waals surface area contributed by atoms with Gasteiger partial charge in [-0.2, -0.15) is 0 Å². The lowest BCUT2D eigenvalue weighted by Crippen LogP contribution is -2.20. The Balaban J connectivity index is 1.78. The van der Waals surface area contributed by atoms with Crippen LogP contribution in [0.25, 0.3) is 11.0 Å². The molecule has 3 heterocycles. The molecule has 0 aliphatic carbocycles. The number of hydrogen-bond donors (Lipinski definition) is 3. The quantitative estimate of drug-likeness (QED) is 0.708. The highest BCUT2D eigenvalue weighted by Crippen LogP contribution is 2.40. The molecular formula is C12H17N4O4PS. The lowest BCUT2D eigenvalue weighted by atomic mass is 10.0. The third-order valence-electron chi connectivity index (χ3n) is 3.80. The van der Waals surface area contributed by atoms with Gasteiger partial charge in [0.05, 0.1) is 18.1 Å². The van der Waals surface area contributed by atoms with Gasteiger partial charge in [0.15, 0.2) is 0 Å². The van der Waals surface area contributed by atoms with Crippen molar-refractivity contribution in [1.29, 1.82) is 0 Å². The van der Waals surface area contributed by atoms with E-state index < -0.39 is 6.72 Å². The normalized spacial score (nSPS) is 25.9. The minimum absolute atomic E-state index is 0.0538. The monoisotopic (exact) mass is 344 g/mol. The van der Waals surface area contributed by atoms with Gasteiger partial charge in [0.2, 0.25) is 0 Å². The molecule has 0 spiro atoms. The van der Waals surface area contributed by atoms with E-state index in [-0.39, 0.29) is 24.9 Å². The maximum absolute atomic E-state index is 9.15. The van der Waals surface area contributed by atoms with Crippen LogP contribution < -0.4 is 5.73 Å². The van der Waals surface area contributed by atoms with Gasteiger partial charge in [0, 0.05) is 6.20 Å². The molecule has 0 amide bonds. The van der Waals surface area contributed by atoms with Crippen molar-refractivity contribution in [2.75, 3.05) is 12.3 Å². The summed E-state index contributed by atoms with van der Waals surface area (Å²) in [5.74, 6) is 0.610. The molecule has 1 saturated heterocycles. The molecule has 2 aromatic rings. The summed E-state index contributed by atoms with van der Waals surface area (Å²) in [7, 11) is 0. The molecule has 1 fully saturated rings. The minimum Gasteiger partial charge on any atom is -0.383 e. The van der Waals surface area contributed by atoms with E-state index in [0.717, 1.165) is 11.8 Å². The van der Waals surface area contributed by atoms with Crippen LogP contribution in [0.1, 0.15) is 19.6 Å². The van der Waals surface area contributed by atoms with Crippen molar-refractivity contribution >= 4 is 35.4 Å². The van der Waals surface area contributed by atoms with Crippen molar-refractivity contribution < 1.29 is 19.0 Å². The molecule has 120 valence electrons. The smallest absolute Gasteiger partial charge is 0.321 e. The van der Waals surface area contributed by atoms with Gasteiger partial charge in [0.1, 0.15) is 24.0 Å². The average molecular weight is 344 g/mol. The number of nitrogens with two attached hydrogens (primary N) is 1. The fourth-order valence-electron chi connectivity index (χ4n) is 2.64. The summed E-state index contributed by atoms with van der Waals surface area (Å²) < 4.78 is 12.8. The van der Waals surface area contributed by atoms with Crippen LogP contribution in [0, 0.1) is 5.92 Å². The molecule has 10 heteroatoms. The summed E-state index contributed by atoms with van der Waals surface area (Å²) in [6, 6.07) is 1.85. The molecule has 22 heavy (non-hydrogen) atoms. The van der Waals surface area contributed by atoms with Crippen LogP contribution in [0.2, 0.25) is 0 Å². The number of aromatic nitrogens is 3. The van der Waals surface area contributed by atoms with Crippen LogP contribution in [0.4, 0.5) is 5.82 Å². The summed E-state index contributed by atoms with van der Waals surface area (Å²) in [6.45, 7) is -1.59. The minimum atomic E-state index is -3.66. The summed E-state index contributed by atoms with van der Waals surface area (Å²) in [5.41, 5.74) is 6.54. The largest absolute Gasteiger partial charge is 0.383 e. The van der Waals surface area contributed by atoms with Crippen molar-refractivity contribution in [3.63, 3.8) is 0 Å². The van der Waals surface area contributed by atoms with E-state index in [1.165, 1.54) is 6.33 Å². The van der Waals surface area contributed by atoms with Gasteiger partial charge in [-0.1, -0.05) is 6.92 Å². The van der Waals surface area contributed by atoms with Crippen LogP contribution in [-0.2, 0) is 21.1 Å². The zero-order valence-corrected chi connectivity index (χ0v) is 13.6.